The van der Waals surface area contributed by atoms with E-state index < -0.39 is 0 Å². The minimum Gasteiger partial charge on any atom is -0.322 e. The number of nitrogens with one attached hydrogen (secondary N) is 2. The Morgan fingerprint density at radius 2 is 1.81 bits per heavy atom. The summed E-state index contributed by atoms with van der Waals surface area (Å²) >= 11 is 0. The van der Waals surface area contributed by atoms with Crippen molar-refractivity contribution in [1.29, 1.82) is 0 Å². The van der Waals surface area contributed by atoms with E-state index in [-0.39, 0.29) is 11.5 Å². The van der Waals surface area contributed by atoms with Crippen LogP contribution in [0.5, 0.6) is 0 Å². The summed E-state index contributed by atoms with van der Waals surface area (Å²) in [6.45, 7) is 5.50. The maximum Gasteiger partial charge on any atom is 0.257 e. The number of hydrogen-bond acceptors (Lipinski definition) is 5. The molecule has 3 aromatic rings. The Bertz CT molecular complexity index is 1010. The molecule has 132 valence electrons. The van der Waals surface area contributed by atoms with Crippen LogP contribution in [0.15, 0.2) is 41.2 Å². The summed E-state index contributed by atoms with van der Waals surface area (Å²) in [5, 5.41) is 10.9. The van der Waals surface area contributed by atoms with Gasteiger partial charge in [-0.05, 0) is 50.6 Å². The number of H-pyrrole nitrogens is 1. The van der Waals surface area contributed by atoms with Gasteiger partial charge >= 0.3 is 0 Å². The van der Waals surface area contributed by atoms with Gasteiger partial charge in [-0.1, -0.05) is 6.92 Å². The van der Waals surface area contributed by atoms with Crippen molar-refractivity contribution < 1.29 is 4.79 Å². The molecule has 7 heteroatoms. The lowest BCUT2D eigenvalue weighted by Gasteiger charge is -2.09. The van der Waals surface area contributed by atoms with Crippen molar-refractivity contribution in [3.05, 3.63) is 69.4 Å². The SMILES string of the molecule is CCc1nnc(C)cc1C(=O)Nc1ccc(-c2nc(C)cc(=O)[nH]2)cc1. The molecule has 2 N–H and O–H groups in total. The Kier molecular flexibility index (Phi) is 4.88. The second-order valence-electron chi connectivity index (χ2n) is 5.97. The van der Waals surface area contributed by atoms with Gasteiger partial charge in [0.15, 0.2) is 0 Å². The van der Waals surface area contributed by atoms with Gasteiger partial charge in [0, 0.05) is 23.0 Å². The summed E-state index contributed by atoms with van der Waals surface area (Å²) in [4.78, 5) is 31.1. The van der Waals surface area contributed by atoms with Crippen LogP contribution in [-0.4, -0.2) is 26.1 Å². The summed E-state index contributed by atoms with van der Waals surface area (Å²) in [6, 6.07) is 10.3. The molecule has 0 spiro atoms. The zero-order valence-corrected chi connectivity index (χ0v) is 14.8. The van der Waals surface area contributed by atoms with Gasteiger partial charge in [-0.3, -0.25) is 9.59 Å². The number of carbonyl (C=O) groups excluding carboxylic acids is 1. The molecule has 3 rings (SSSR count). The molecule has 0 aliphatic rings. The summed E-state index contributed by atoms with van der Waals surface area (Å²) in [7, 11) is 0. The number of amides is 1. The molecule has 0 radical (unpaired) electrons. The van der Waals surface area contributed by atoms with E-state index in [4.69, 9.17) is 0 Å². The number of aryl methyl sites for hydroxylation is 3. The number of aromatic amines is 1. The zero-order chi connectivity index (χ0) is 18.7. The van der Waals surface area contributed by atoms with Gasteiger partial charge in [-0.25, -0.2) is 4.98 Å². The average molecular weight is 349 g/mol. The molecule has 2 heterocycles. The van der Waals surface area contributed by atoms with Crippen LogP contribution in [-0.2, 0) is 6.42 Å². The summed E-state index contributed by atoms with van der Waals surface area (Å²) in [5.74, 6) is 0.268. The summed E-state index contributed by atoms with van der Waals surface area (Å²) < 4.78 is 0. The first-order chi connectivity index (χ1) is 12.5. The van der Waals surface area contributed by atoms with Gasteiger partial charge < -0.3 is 10.3 Å². The number of rotatable bonds is 4. The number of benzene rings is 1. The molecule has 26 heavy (non-hydrogen) atoms. The van der Waals surface area contributed by atoms with Gasteiger partial charge in [0.1, 0.15) is 5.82 Å². The molecular formula is C19H19N5O2. The lowest BCUT2D eigenvalue weighted by molar-refractivity contribution is 0.102. The predicted octanol–water partition coefficient (Wildman–Crippen LogP) is 2.66. The number of carbonyl (C=O) groups is 1. The van der Waals surface area contributed by atoms with Crippen molar-refractivity contribution in [2.75, 3.05) is 5.32 Å². The molecular weight excluding hydrogens is 330 g/mol. The number of anilines is 1. The molecule has 0 aliphatic carbocycles. The van der Waals surface area contributed by atoms with E-state index in [1.54, 1.807) is 44.2 Å². The Morgan fingerprint density at radius 3 is 2.46 bits per heavy atom. The van der Waals surface area contributed by atoms with Crippen molar-refractivity contribution in [3.63, 3.8) is 0 Å². The fraction of sp³-hybridized carbons (Fsp3) is 0.211. The fourth-order valence-electron chi connectivity index (χ4n) is 2.60. The maximum absolute atomic E-state index is 12.6. The smallest absolute Gasteiger partial charge is 0.257 e. The normalized spacial score (nSPS) is 10.6. The molecule has 0 saturated heterocycles. The van der Waals surface area contributed by atoms with E-state index in [1.165, 1.54) is 6.07 Å². The topological polar surface area (TPSA) is 101 Å². The van der Waals surface area contributed by atoms with Gasteiger partial charge in [0.2, 0.25) is 0 Å². The van der Waals surface area contributed by atoms with E-state index in [2.05, 4.69) is 25.5 Å². The van der Waals surface area contributed by atoms with Crippen LogP contribution in [0.2, 0.25) is 0 Å². The Morgan fingerprint density at radius 1 is 1.08 bits per heavy atom. The number of nitrogens with zero attached hydrogens (tertiary/aromatic N) is 3. The Balaban J connectivity index is 1.82. The molecule has 0 fully saturated rings. The molecule has 2 aromatic heterocycles. The highest BCUT2D eigenvalue weighted by Crippen LogP contribution is 2.18. The van der Waals surface area contributed by atoms with Crippen molar-refractivity contribution >= 4 is 11.6 Å². The molecule has 1 amide bonds. The van der Waals surface area contributed by atoms with Crippen LogP contribution in [0.25, 0.3) is 11.4 Å². The van der Waals surface area contributed by atoms with Crippen LogP contribution in [0.3, 0.4) is 0 Å². The number of aromatic nitrogens is 4. The second kappa shape index (κ2) is 7.26. The largest absolute Gasteiger partial charge is 0.322 e. The van der Waals surface area contributed by atoms with Gasteiger partial charge in [-0.15, -0.1) is 0 Å². The van der Waals surface area contributed by atoms with E-state index >= 15 is 0 Å². The predicted molar refractivity (Wildman–Crippen MR) is 99.1 cm³/mol. The van der Waals surface area contributed by atoms with Crippen molar-refractivity contribution in [3.8, 4) is 11.4 Å². The van der Waals surface area contributed by atoms with Crippen LogP contribution in [0.1, 0.15) is 34.4 Å². The summed E-state index contributed by atoms with van der Waals surface area (Å²) in [5.41, 5.74) is 3.73. The van der Waals surface area contributed by atoms with Crippen LogP contribution in [0, 0.1) is 13.8 Å². The van der Waals surface area contributed by atoms with Crippen LogP contribution in [0.4, 0.5) is 5.69 Å². The van der Waals surface area contributed by atoms with Crippen LogP contribution >= 0.6 is 0 Å². The Labute approximate surface area is 150 Å². The van der Waals surface area contributed by atoms with Gasteiger partial charge in [0.25, 0.3) is 11.5 Å². The molecule has 0 saturated carbocycles. The lowest BCUT2D eigenvalue weighted by atomic mass is 10.1. The van der Waals surface area contributed by atoms with E-state index in [0.717, 1.165) is 5.56 Å². The first-order valence-corrected chi connectivity index (χ1v) is 8.29. The number of hydrogen-bond donors (Lipinski definition) is 2. The van der Waals surface area contributed by atoms with Crippen molar-refractivity contribution in [2.24, 2.45) is 0 Å². The lowest BCUT2D eigenvalue weighted by Crippen LogP contribution is -2.16. The van der Waals surface area contributed by atoms with E-state index in [0.29, 0.717) is 40.6 Å². The Hall–Kier alpha value is -3.35. The van der Waals surface area contributed by atoms with Gasteiger partial charge in [0.05, 0.1) is 17.0 Å². The highest BCUT2D eigenvalue weighted by molar-refractivity contribution is 6.05. The third kappa shape index (κ3) is 3.83. The van der Waals surface area contributed by atoms with E-state index in [1.807, 2.05) is 6.92 Å². The molecule has 1 aromatic carbocycles. The maximum atomic E-state index is 12.6. The first-order valence-electron chi connectivity index (χ1n) is 8.29. The molecule has 7 nitrogen and oxygen atoms in total. The van der Waals surface area contributed by atoms with Crippen molar-refractivity contribution in [1.82, 2.24) is 20.2 Å². The zero-order valence-electron chi connectivity index (χ0n) is 14.8. The molecule has 0 unspecified atom stereocenters. The summed E-state index contributed by atoms with van der Waals surface area (Å²) in [6.07, 6.45) is 0.626. The third-order valence-corrected chi connectivity index (χ3v) is 3.86. The minimum absolute atomic E-state index is 0.197. The van der Waals surface area contributed by atoms with Crippen LogP contribution < -0.4 is 10.9 Å². The fourth-order valence-corrected chi connectivity index (χ4v) is 2.60. The standard InChI is InChI=1S/C19H19N5O2/c1-4-16-15(9-12(3)23-24-16)19(26)21-14-7-5-13(6-8-14)18-20-11(2)10-17(25)22-18/h5-10H,4H2,1-3H3,(H,21,26)(H,20,22,25). The first kappa shape index (κ1) is 17.5. The molecule has 0 atom stereocenters. The highest BCUT2D eigenvalue weighted by atomic mass is 16.1. The highest BCUT2D eigenvalue weighted by Gasteiger charge is 2.13. The second-order valence-corrected chi connectivity index (χ2v) is 5.97. The quantitative estimate of drug-likeness (QED) is 0.754. The van der Waals surface area contributed by atoms with Crippen molar-refractivity contribution in [2.45, 2.75) is 27.2 Å². The monoisotopic (exact) mass is 349 g/mol. The third-order valence-electron chi connectivity index (χ3n) is 3.86. The minimum atomic E-state index is -0.227. The molecule has 0 bridgehead atoms. The average Bonchev–Trinajstić information content (AvgIpc) is 2.61. The van der Waals surface area contributed by atoms with E-state index in [9.17, 15) is 9.59 Å². The molecule has 0 aliphatic heterocycles. The van der Waals surface area contributed by atoms with Gasteiger partial charge in [-0.2, -0.15) is 10.2 Å².